The van der Waals surface area contributed by atoms with E-state index in [-0.39, 0.29) is 16.5 Å². The number of nitrogens with zero attached hydrogens (tertiary/aromatic N) is 2. The molecule has 0 aromatic heterocycles. The van der Waals surface area contributed by atoms with Gasteiger partial charge in [0.15, 0.2) is 11.9 Å². The Balaban J connectivity index is 2.16. The zero-order chi connectivity index (χ0) is 17.1. The van der Waals surface area contributed by atoms with Gasteiger partial charge in [0.05, 0.1) is 4.92 Å². The number of amides is 1. The summed E-state index contributed by atoms with van der Waals surface area (Å²) in [6.07, 6.45) is -0.0689. The molecule has 0 radical (unpaired) electrons. The second-order valence-corrected chi connectivity index (χ2v) is 5.59. The third kappa shape index (κ3) is 3.70. The van der Waals surface area contributed by atoms with Crippen molar-refractivity contribution in [1.82, 2.24) is 4.90 Å². The molecule has 0 aliphatic carbocycles. The Labute approximate surface area is 136 Å². The molecule has 1 unspecified atom stereocenters. The molecule has 1 N–H and O–H groups in total. The van der Waals surface area contributed by atoms with Crippen LogP contribution in [0.1, 0.15) is 19.8 Å². The Bertz CT molecular complexity index is 650. The van der Waals surface area contributed by atoms with Crippen molar-refractivity contribution in [2.75, 3.05) is 6.54 Å². The second-order valence-electron chi connectivity index (χ2n) is 5.16. The van der Waals surface area contributed by atoms with Crippen molar-refractivity contribution in [1.29, 1.82) is 0 Å². The van der Waals surface area contributed by atoms with Crippen LogP contribution in [-0.2, 0) is 9.59 Å². The number of carboxylic acids is 1. The molecule has 124 valence electrons. The number of aliphatic carboxylic acids is 1. The van der Waals surface area contributed by atoms with Gasteiger partial charge in [-0.2, -0.15) is 0 Å². The first-order valence-electron chi connectivity index (χ1n) is 6.95. The van der Waals surface area contributed by atoms with Crippen LogP contribution in [0.5, 0.6) is 5.75 Å². The van der Waals surface area contributed by atoms with Crippen LogP contribution >= 0.6 is 11.6 Å². The first-order chi connectivity index (χ1) is 10.8. The van der Waals surface area contributed by atoms with Crippen molar-refractivity contribution in [3.05, 3.63) is 33.3 Å². The molecule has 0 bridgehead atoms. The molecule has 2 rings (SSSR count). The lowest BCUT2D eigenvalue weighted by Crippen LogP contribution is -2.46. The van der Waals surface area contributed by atoms with Gasteiger partial charge in [-0.25, -0.2) is 4.79 Å². The highest BCUT2D eigenvalue weighted by Gasteiger charge is 2.37. The van der Waals surface area contributed by atoms with Crippen molar-refractivity contribution >= 4 is 29.2 Å². The summed E-state index contributed by atoms with van der Waals surface area (Å²) in [6.45, 7) is 1.75. The Morgan fingerprint density at radius 3 is 2.83 bits per heavy atom. The number of rotatable bonds is 5. The van der Waals surface area contributed by atoms with Gasteiger partial charge in [0.1, 0.15) is 6.04 Å². The predicted octanol–water partition coefficient (Wildman–Crippen LogP) is 2.09. The molecule has 1 amide bonds. The number of benzene rings is 1. The quantitative estimate of drug-likeness (QED) is 0.648. The van der Waals surface area contributed by atoms with Crippen LogP contribution in [0.15, 0.2) is 18.2 Å². The molecule has 1 aromatic rings. The number of likely N-dealkylation sites (tertiary alicyclic amines) is 1. The fourth-order valence-corrected chi connectivity index (χ4v) is 2.66. The van der Waals surface area contributed by atoms with Gasteiger partial charge < -0.3 is 14.7 Å². The van der Waals surface area contributed by atoms with Crippen LogP contribution in [0.4, 0.5) is 5.69 Å². The monoisotopic (exact) mass is 342 g/mol. The Hall–Kier alpha value is -2.35. The number of hydrogen-bond acceptors (Lipinski definition) is 5. The highest BCUT2D eigenvalue weighted by Crippen LogP contribution is 2.31. The van der Waals surface area contributed by atoms with Crippen LogP contribution in [-0.4, -0.2) is 45.5 Å². The molecule has 0 spiro atoms. The fraction of sp³-hybridized carbons (Fsp3) is 0.429. The second kappa shape index (κ2) is 6.82. The molecule has 1 aliphatic heterocycles. The molecule has 1 aliphatic rings. The van der Waals surface area contributed by atoms with E-state index >= 15 is 0 Å². The highest BCUT2D eigenvalue weighted by molar-refractivity contribution is 6.30. The number of nitro benzene ring substituents is 1. The molecule has 1 saturated heterocycles. The van der Waals surface area contributed by atoms with E-state index < -0.39 is 28.9 Å². The summed E-state index contributed by atoms with van der Waals surface area (Å²) < 4.78 is 5.38. The maximum atomic E-state index is 12.4. The lowest BCUT2D eigenvalue weighted by atomic mass is 10.2. The van der Waals surface area contributed by atoms with Crippen LogP contribution in [0.2, 0.25) is 5.02 Å². The summed E-state index contributed by atoms with van der Waals surface area (Å²) in [6, 6.07) is 2.97. The van der Waals surface area contributed by atoms with E-state index in [0.717, 1.165) is 6.07 Å². The van der Waals surface area contributed by atoms with Crippen molar-refractivity contribution in [3.8, 4) is 5.75 Å². The zero-order valence-corrected chi connectivity index (χ0v) is 13.0. The number of halogens is 1. The van der Waals surface area contributed by atoms with Gasteiger partial charge in [-0.3, -0.25) is 14.9 Å². The van der Waals surface area contributed by atoms with E-state index in [2.05, 4.69) is 0 Å². The molecule has 2 atom stereocenters. The van der Waals surface area contributed by atoms with Crippen molar-refractivity contribution in [2.45, 2.75) is 31.9 Å². The van der Waals surface area contributed by atoms with Crippen LogP contribution in [0, 0.1) is 10.1 Å². The third-order valence-corrected chi connectivity index (χ3v) is 3.83. The van der Waals surface area contributed by atoms with Gasteiger partial charge in [0, 0.05) is 17.6 Å². The van der Waals surface area contributed by atoms with Crippen molar-refractivity contribution in [3.63, 3.8) is 0 Å². The van der Waals surface area contributed by atoms with Crippen LogP contribution < -0.4 is 4.74 Å². The number of carbonyl (C=O) groups is 2. The Morgan fingerprint density at radius 2 is 2.22 bits per heavy atom. The maximum Gasteiger partial charge on any atom is 0.326 e. The lowest BCUT2D eigenvalue weighted by Gasteiger charge is -2.25. The van der Waals surface area contributed by atoms with E-state index in [1.165, 1.54) is 24.0 Å². The lowest BCUT2D eigenvalue weighted by molar-refractivity contribution is -0.386. The fourth-order valence-electron chi connectivity index (χ4n) is 2.49. The van der Waals surface area contributed by atoms with Crippen molar-refractivity contribution in [2.24, 2.45) is 0 Å². The van der Waals surface area contributed by atoms with E-state index in [1.807, 2.05) is 0 Å². The number of ether oxygens (including phenoxy) is 1. The maximum absolute atomic E-state index is 12.4. The summed E-state index contributed by atoms with van der Waals surface area (Å²) in [5.41, 5.74) is -0.353. The zero-order valence-electron chi connectivity index (χ0n) is 12.3. The van der Waals surface area contributed by atoms with E-state index in [9.17, 15) is 19.7 Å². The molecule has 0 saturated carbocycles. The highest BCUT2D eigenvalue weighted by atomic mass is 35.5. The predicted molar refractivity (Wildman–Crippen MR) is 80.6 cm³/mol. The van der Waals surface area contributed by atoms with E-state index in [1.54, 1.807) is 0 Å². The number of carboxylic acid groups (broad SMARTS) is 1. The summed E-state index contributed by atoms with van der Waals surface area (Å²) in [4.78, 5) is 35.1. The van der Waals surface area contributed by atoms with Gasteiger partial charge in [-0.1, -0.05) is 11.6 Å². The molecule has 1 heterocycles. The SMILES string of the molecule is CC(Oc1ccc(Cl)cc1[N+](=O)[O-])C(=O)N1CCC[C@H]1C(=O)O. The minimum Gasteiger partial charge on any atom is -0.480 e. The molecular formula is C14H15ClN2O6. The molecule has 9 heteroatoms. The van der Waals surface area contributed by atoms with Gasteiger partial charge >= 0.3 is 11.7 Å². The Morgan fingerprint density at radius 1 is 1.52 bits per heavy atom. The average molecular weight is 343 g/mol. The van der Waals surface area contributed by atoms with Gasteiger partial charge in [0.25, 0.3) is 5.91 Å². The molecule has 8 nitrogen and oxygen atoms in total. The van der Waals surface area contributed by atoms with Gasteiger partial charge in [-0.05, 0) is 31.9 Å². The molecule has 1 aromatic carbocycles. The topological polar surface area (TPSA) is 110 Å². The van der Waals surface area contributed by atoms with Crippen molar-refractivity contribution < 1.29 is 24.4 Å². The van der Waals surface area contributed by atoms with Crippen LogP contribution in [0.3, 0.4) is 0 Å². The minimum atomic E-state index is -1.07. The number of hydrogen-bond donors (Lipinski definition) is 1. The standard InChI is InChI=1S/C14H15ClN2O6/c1-8(13(18)16-6-2-3-10(16)14(19)20)23-12-5-4-9(15)7-11(12)17(21)22/h4-5,7-8,10H,2-3,6H2,1H3,(H,19,20)/t8?,10-/m0/s1. The summed E-state index contributed by atoms with van der Waals surface area (Å²) >= 11 is 5.72. The number of carbonyl (C=O) groups excluding carboxylic acids is 1. The van der Waals surface area contributed by atoms with Crippen LogP contribution in [0.25, 0.3) is 0 Å². The smallest absolute Gasteiger partial charge is 0.326 e. The summed E-state index contributed by atoms with van der Waals surface area (Å²) in [5, 5.41) is 20.3. The summed E-state index contributed by atoms with van der Waals surface area (Å²) in [7, 11) is 0. The minimum absolute atomic E-state index is 0.0914. The van der Waals surface area contributed by atoms with Gasteiger partial charge in [-0.15, -0.1) is 0 Å². The molecular weight excluding hydrogens is 328 g/mol. The normalized spacial score (nSPS) is 18.5. The molecule has 23 heavy (non-hydrogen) atoms. The Kier molecular flexibility index (Phi) is 5.05. The van der Waals surface area contributed by atoms with E-state index in [4.69, 9.17) is 21.4 Å². The van der Waals surface area contributed by atoms with Gasteiger partial charge in [0.2, 0.25) is 0 Å². The number of nitro groups is 1. The first kappa shape index (κ1) is 17.0. The first-order valence-corrected chi connectivity index (χ1v) is 7.33. The van der Waals surface area contributed by atoms with E-state index in [0.29, 0.717) is 19.4 Å². The summed E-state index contributed by atoms with van der Waals surface area (Å²) in [5.74, 6) is -1.68. The molecule has 1 fully saturated rings. The average Bonchev–Trinajstić information content (AvgIpc) is 2.97. The largest absolute Gasteiger partial charge is 0.480 e. The third-order valence-electron chi connectivity index (χ3n) is 3.59.